The van der Waals surface area contributed by atoms with Crippen LogP contribution < -0.4 is 4.74 Å². The number of carbonyl (C=O) groups excluding carboxylic acids is 2. The number of Topliss-reactive ketones (excluding diaryl/α,β-unsaturated/α-hetero) is 1. The van der Waals surface area contributed by atoms with Gasteiger partial charge in [-0.15, -0.1) is 0 Å². The highest BCUT2D eigenvalue weighted by Gasteiger charge is 2.32. The predicted molar refractivity (Wildman–Crippen MR) is 130 cm³/mol. The zero-order valence-electron chi connectivity index (χ0n) is 20.5. The molecule has 0 aromatic heterocycles. The van der Waals surface area contributed by atoms with Gasteiger partial charge in [0.05, 0.1) is 33.2 Å². The van der Waals surface area contributed by atoms with Gasteiger partial charge in [-0.1, -0.05) is 44.2 Å². The molecule has 178 valence electrons. The summed E-state index contributed by atoms with van der Waals surface area (Å²) >= 11 is 0. The van der Waals surface area contributed by atoms with E-state index in [1.165, 1.54) is 19.5 Å². The van der Waals surface area contributed by atoms with E-state index in [0.29, 0.717) is 18.8 Å². The van der Waals surface area contributed by atoms with Crippen LogP contribution in [-0.2, 0) is 9.53 Å². The molecule has 1 saturated heterocycles. The molecule has 4 unspecified atom stereocenters. The van der Waals surface area contributed by atoms with Crippen molar-refractivity contribution in [2.75, 3.05) is 39.9 Å². The minimum Gasteiger partial charge on any atom is -0.488 e. The van der Waals surface area contributed by atoms with Crippen molar-refractivity contribution in [3.63, 3.8) is 0 Å². The average Bonchev–Trinajstić information content (AvgIpc) is 3.16. The molecule has 1 heterocycles. The van der Waals surface area contributed by atoms with Gasteiger partial charge in [0.1, 0.15) is 18.9 Å². The third-order valence-corrected chi connectivity index (χ3v) is 6.89. The second-order valence-corrected chi connectivity index (χ2v) is 9.70. The van der Waals surface area contributed by atoms with Crippen LogP contribution in [0.2, 0.25) is 0 Å². The molecule has 4 atom stereocenters. The number of nitrogens with zero attached hydrogens (tertiary/aromatic N) is 1. The maximum atomic E-state index is 13.3. The van der Waals surface area contributed by atoms with Gasteiger partial charge in [0.2, 0.25) is 0 Å². The molecular formula is C28H38NO4+. The maximum absolute atomic E-state index is 13.3. The smallest absolute Gasteiger partial charge is 0.306 e. The molecule has 5 heteroatoms. The number of benzene rings is 2. The zero-order chi connectivity index (χ0) is 23.8. The summed E-state index contributed by atoms with van der Waals surface area (Å²) in [6.07, 6.45) is 1.47. The number of quaternary nitrogens is 1. The van der Waals surface area contributed by atoms with Crippen molar-refractivity contribution in [1.29, 1.82) is 0 Å². The Morgan fingerprint density at radius 1 is 1.09 bits per heavy atom. The summed E-state index contributed by atoms with van der Waals surface area (Å²) in [5.74, 6) is 0.712. The number of hydrogen-bond acceptors (Lipinski definition) is 4. The summed E-state index contributed by atoms with van der Waals surface area (Å²) in [6.45, 7) is 10.4. The van der Waals surface area contributed by atoms with E-state index >= 15 is 0 Å². The fraction of sp³-hybridized carbons (Fsp3) is 0.500. The van der Waals surface area contributed by atoms with E-state index in [1.54, 1.807) is 6.92 Å². The molecule has 2 aromatic rings. The minimum absolute atomic E-state index is 0.0174. The molecule has 0 amide bonds. The molecule has 1 aliphatic rings. The van der Waals surface area contributed by atoms with E-state index in [0.717, 1.165) is 28.3 Å². The lowest BCUT2D eigenvalue weighted by Crippen LogP contribution is -2.44. The van der Waals surface area contributed by atoms with E-state index in [4.69, 9.17) is 9.47 Å². The number of ketones is 1. The quantitative estimate of drug-likeness (QED) is 0.270. The number of likely N-dealkylation sites (tertiary alicyclic amines) is 1. The van der Waals surface area contributed by atoms with E-state index < -0.39 is 0 Å². The molecule has 0 saturated carbocycles. The third kappa shape index (κ3) is 6.91. The van der Waals surface area contributed by atoms with Crippen LogP contribution in [0.3, 0.4) is 0 Å². The Balaban J connectivity index is 1.62. The van der Waals surface area contributed by atoms with Crippen molar-refractivity contribution in [2.24, 2.45) is 11.8 Å². The second kappa shape index (κ2) is 11.5. The number of carbonyl (C=O) groups is 2. The monoisotopic (exact) mass is 452 g/mol. The highest BCUT2D eigenvalue weighted by Crippen LogP contribution is 2.31. The number of hydrogen-bond donors (Lipinski definition) is 0. The molecule has 5 nitrogen and oxygen atoms in total. The lowest BCUT2D eigenvalue weighted by molar-refractivity contribution is -0.899. The first-order valence-corrected chi connectivity index (χ1v) is 12.1. The molecule has 0 bridgehead atoms. The largest absolute Gasteiger partial charge is 0.488 e. The van der Waals surface area contributed by atoms with Gasteiger partial charge in [-0.3, -0.25) is 9.59 Å². The molecule has 1 aliphatic heterocycles. The zero-order valence-corrected chi connectivity index (χ0v) is 20.5. The van der Waals surface area contributed by atoms with E-state index in [2.05, 4.69) is 14.0 Å². The van der Waals surface area contributed by atoms with Gasteiger partial charge in [-0.05, 0) is 36.8 Å². The molecule has 0 aliphatic carbocycles. The van der Waals surface area contributed by atoms with Crippen molar-refractivity contribution >= 4 is 11.8 Å². The number of rotatable bonds is 11. The van der Waals surface area contributed by atoms with E-state index in [-0.39, 0.29) is 30.0 Å². The van der Waals surface area contributed by atoms with Crippen LogP contribution in [0.4, 0.5) is 0 Å². The van der Waals surface area contributed by atoms with Gasteiger partial charge in [0.25, 0.3) is 0 Å². The highest BCUT2D eigenvalue weighted by atomic mass is 16.5. The Kier molecular flexibility index (Phi) is 8.67. The van der Waals surface area contributed by atoms with E-state index in [1.807, 2.05) is 61.5 Å². The Morgan fingerprint density at radius 2 is 1.79 bits per heavy atom. The first-order chi connectivity index (χ1) is 15.8. The van der Waals surface area contributed by atoms with Crippen LogP contribution in [0.25, 0.3) is 0 Å². The molecular weight excluding hydrogens is 414 g/mol. The molecule has 0 N–H and O–H groups in total. The first kappa shape index (κ1) is 25.0. The average molecular weight is 453 g/mol. The van der Waals surface area contributed by atoms with Crippen LogP contribution in [0, 0.1) is 11.8 Å². The summed E-state index contributed by atoms with van der Waals surface area (Å²) < 4.78 is 12.2. The van der Waals surface area contributed by atoms with E-state index in [9.17, 15) is 9.59 Å². The Labute approximate surface area is 198 Å². The van der Waals surface area contributed by atoms with Gasteiger partial charge in [-0.2, -0.15) is 0 Å². The van der Waals surface area contributed by atoms with Gasteiger partial charge in [0.15, 0.2) is 5.78 Å². The van der Waals surface area contributed by atoms with Gasteiger partial charge in [0, 0.05) is 29.7 Å². The Bertz CT molecular complexity index is 911. The fourth-order valence-corrected chi connectivity index (χ4v) is 4.90. The lowest BCUT2D eigenvalue weighted by Gasteiger charge is -2.29. The normalized spacial score (nSPS) is 21.9. The molecule has 1 fully saturated rings. The van der Waals surface area contributed by atoms with Crippen LogP contribution in [-0.4, -0.2) is 56.1 Å². The Hall–Kier alpha value is -2.66. The number of ether oxygens (including phenoxy) is 2. The van der Waals surface area contributed by atoms with Crippen molar-refractivity contribution in [3.05, 3.63) is 65.7 Å². The summed E-state index contributed by atoms with van der Waals surface area (Å²) in [7, 11) is 2.30. The second-order valence-electron chi connectivity index (χ2n) is 9.70. The van der Waals surface area contributed by atoms with Gasteiger partial charge >= 0.3 is 5.97 Å². The molecule has 3 rings (SSSR count). The third-order valence-electron chi connectivity index (χ3n) is 6.89. The summed E-state index contributed by atoms with van der Waals surface area (Å²) in [5.41, 5.74) is 1.60. The first-order valence-electron chi connectivity index (χ1n) is 12.1. The van der Waals surface area contributed by atoms with Crippen molar-refractivity contribution in [1.82, 2.24) is 0 Å². The number of esters is 1. The van der Waals surface area contributed by atoms with Gasteiger partial charge < -0.3 is 14.0 Å². The predicted octanol–water partition coefficient (Wildman–Crippen LogP) is 5.11. The van der Waals surface area contributed by atoms with Crippen molar-refractivity contribution < 1.29 is 23.5 Å². The maximum Gasteiger partial charge on any atom is 0.306 e. The summed E-state index contributed by atoms with van der Waals surface area (Å²) in [6, 6.07) is 17.1. The van der Waals surface area contributed by atoms with Crippen LogP contribution >= 0.6 is 0 Å². The molecule has 0 spiro atoms. The lowest BCUT2D eigenvalue weighted by atomic mass is 9.80. The summed E-state index contributed by atoms with van der Waals surface area (Å²) in [4.78, 5) is 25.5. The van der Waals surface area contributed by atoms with Crippen LogP contribution in [0.5, 0.6) is 5.75 Å². The topological polar surface area (TPSA) is 52.6 Å². The van der Waals surface area contributed by atoms with Crippen LogP contribution in [0.15, 0.2) is 54.6 Å². The standard InChI is InChI=1S/C28H38NO4/c1-5-32-27(30)19-26(23-9-7-6-8-10-23)22(3)28(31)24-11-13-25(14-12-24)33-18-17-29(4)16-15-21(2)20-29/h6-14,21-22,26H,5,15-20H2,1-4H3/q+1. The van der Waals surface area contributed by atoms with Gasteiger partial charge in [-0.25, -0.2) is 0 Å². The minimum atomic E-state index is -0.356. The molecule has 0 radical (unpaired) electrons. The number of likely N-dealkylation sites (N-methyl/N-ethyl adjacent to an activating group) is 1. The Morgan fingerprint density at radius 3 is 2.39 bits per heavy atom. The fourth-order valence-electron chi connectivity index (χ4n) is 4.90. The molecule has 2 aromatic carbocycles. The molecule has 33 heavy (non-hydrogen) atoms. The SMILES string of the molecule is CCOC(=O)CC(c1ccccc1)C(C)C(=O)c1ccc(OCC[N+]2(C)CCC(C)C2)cc1. The van der Waals surface area contributed by atoms with Crippen molar-refractivity contribution in [3.8, 4) is 5.75 Å². The highest BCUT2D eigenvalue weighted by molar-refractivity contribution is 5.98. The summed E-state index contributed by atoms with van der Waals surface area (Å²) in [5, 5.41) is 0. The van der Waals surface area contributed by atoms with Crippen LogP contribution in [0.1, 0.15) is 55.5 Å². The van der Waals surface area contributed by atoms with Crippen molar-refractivity contribution in [2.45, 2.75) is 39.5 Å².